The van der Waals surface area contributed by atoms with E-state index in [1.807, 2.05) is 30.3 Å². The number of aromatic nitrogens is 3. The second-order valence-electron chi connectivity index (χ2n) is 5.62. The third-order valence-electron chi connectivity index (χ3n) is 3.69. The van der Waals surface area contributed by atoms with Crippen molar-refractivity contribution in [2.75, 3.05) is 18.2 Å². The maximum Gasteiger partial charge on any atom is 0.337 e. The molecule has 0 unspecified atom stereocenters. The first-order valence-corrected chi connectivity index (χ1v) is 8.23. The van der Waals surface area contributed by atoms with Crippen LogP contribution in [-0.4, -0.2) is 28.0 Å². The summed E-state index contributed by atoms with van der Waals surface area (Å²) in [7, 11) is 1.32. The van der Waals surface area contributed by atoms with Crippen LogP contribution in [0, 0.1) is 11.3 Å². The van der Waals surface area contributed by atoms with Gasteiger partial charge in [0.1, 0.15) is 6.07 Å². The molecule has 3 rings (SSSR count). The summed E-state index contributed by atoms with van der Waals surface area (Å²) < 4.78 is 4.67. The first-order chi connectivity index (χ1) is 13.6. The molecule has 0 aliphatic heterocycles. The van der Waals surface area contributed by atoms with E-state index in [0.717, 1.165) is 5.69 Å². The third-order valence-corrected chi connectivity index (χ3v) is 3.69. The van der Waals surface area contributed by atoms with Crippen LogP contribution in [-0.2, 0) is 4.74 Å². The Bertz CT molecular complexity index is 1060. The number of nitrogen functional groups attached to an aromatic ring is 1. The summed E-state index contributed by atoms with van der Waals surface area (Å²) >= 11 is 0. The highest BCUT2D eigenvalue weighted by Crippen LogP contribution is 2.19. The second-order valence-corrected chi connectivity index (χ2v) is 5.62. The van der Waals surface area contributed by atoms with Crippen molar-refractivity contribution in [2.24, 2.45) is 0 Å². The van der Waals surface area contributed by atoms with Crippen LogP contribution in [0.3, 0.4) is 0 Å². The summed E-state index contributed by atoms with van der Waals surface area (Å²) in [5, 5.41) is 12.6. The number of nitrogens with two attached hydrogens (primary N) is 1. The fourth-order valence-electron chi connectivity index (χ4n) is 2.37. The number of nitrogens with one attached hydrogen (secondary N) is 1. The lowest BCUT2D eigenvalue weighted by Crippen LogP contribution is -2.06. The smallest absolute Gasteiger partial charge is 0.337 e. The highest BCUT2D eigenvalue weighted by molar-refractivity contribution is 5.91. The lowest BCUT2D eigenvalue weighted by atomic mass is 10.1. The highest BCUT2D eigenvalue weighted by atomic mass is 16.5. The van der Waals surface area contributed by atoms with E-state index in [1.165, 1.54) is 7.11 Å². The maximum absolute atomic E-state index is 11.5. The monoisotopic (exact) mass is 372 g/mol. The number of para-hydroxylation sites is 1. The number of hydrogen-bond donors (Lipinski definition) is 2. The van der Waals surface area contributed by atoms with Gasteiger partial charge in [-0.05, 0) is 35.9 Å². The molecule has 138 valence electrons. The number of rotatable bonds is 5. The Morgan fingerprint density at radius 3 is 2.46 bits per heavy atom. The molecule has 8 heteroatoms. The van der Waals surface area contributed by atoms with E-state index >= 15 is 0 Å². The van der Waals surface area contributed by atoms with Gasteiger partial charge in [0, 0.05) is 5.69 Å². The van der Waals surface area contributed by atoms with Gasteiger partial charge in [-0.3, -0.25) is 0 Å². The minimum Gasteiger partial charge on any atom is -0.465 e. The molecule has 1 heterocycles. The Hall–Kier alpha value is -4.25. The molecular weight excluding hydrogens is 356 g/mol. The summed E-state index contributed by atoms with van der Waals surface area (Å²) in [4.78, 5) is 23.9. The normalized spacial score (nSPS) is 10.8. The minimum atomic E-state index is -0.432. The number of allylic oxidation sites excluding steroid dienone is 1. The largest absolute Gasteiger partial charge is 0.465 e. The first kappa shape index (κ1) is 18.5. The summed E-state index contributed by atoms with van der Waals surface area (Å²) in [6, 6.07) is 18.0. The molecule has 2 aromatic carbocycles. The second kappa shape index (κ2) is 8.42. The molecule has 0 bridgehead atoms. The Kier molecular flexibility index (Phi) is 5.58. The Morgan fingerprint density at radius 2 is 1.82 bits per heavy atom. The third kappa shape index (κ3) is 4.47. The number of nitrogens with zero attached hydrogens (tertiary/aromatic N) is 4. The summed E-state index contributed by atoms with van der Waals surface area (Å²) in [5.74, 6) is -0.0649. The Labute approximate surface area is 161 Å². The lowest BCUT2D eigenvalue weighted by Gasteiger charge is -2.07. The Balaban J connectivity index is 1.90. The van der Waals surface area contributed by atoms with Gasteiger partial charge in [0.15, 0.2) is 5.82 Å². The van der Waals surface area contributed by atoms with Crippen molar-refractivity contribution in [1.29, 1.82) is 5.26 Å². The number of benzene rings is 2. The molecule has 0 aliphatic carbocycles. The van der Waals surface area contributed by atoms with Crippen molar-refractivity contribution >= 4 is 35.2 Å². The van der Waals surface area contributed by atoms with E-state index in [-0.39, 0.29) is 23.3 Å². The van der Waals surface area contributed by atoms with Crippen LogP contribution in [0.2, 0.25) is 0 Å². The van der Waals surface area contributed by atoms with Crippen LogP contribution in [0.4, 0.5) is 17.6 Å². The van der Waals surface area contributed by atoms with Gasteiger partial charge in [-0.2, -0.15) is 20.2 Å². The van der Waals surface area contributed by atoms with Crippen molar-refractivity contribution in [1.82, 2.24) is 15.0 Å². The van der Waals surface area contributed by atoms with E-state index in [2.05, 4.69) is 31.1 Å². The lowest BCUT2D eigenvalue weighted by molar-refractivity contribution is 0.0600. The number of esters is 1. The summed E-state index contributed by atoms with van der Waals surface area (Å²) in [6.07, 6.45) is 1.60. The van der Waals surface area contributed by atoms with Crippen molar-refractivity contribution in [2.45, 2.75) is 0 Å². The summed E-state index contributed by atoms with van der Waals surface area (Å²) in [6.45, 7) is 0. The average molecular weight is 372 g/mol. The zero-order valence-corrected chi connectivity index (χ0v) is 15.0. The van der Waals surface area contributed by atoms with E-state index in [9.17, 15) is 10.1 Å². The number of methoxy groups -OCH3 is 1. The topological polar surface area (TPSA) is 127 Å². The van der Waals surface area contributed by atoms with E-state index in [1.54, 1.807) is 30.3 Å². The predicted octanol–water partition coefficient (Wildman–Crippen LogP) is 3.05. The maximum atomic E-state index is 11.5. The van der Waals surface area contributed by atoms with Gasteiger partial charge in [0.25, 0.3) is 0 Å². The average Bonchev–Trinajstić information content (AvgIpc) is 2.72. The van der Waals surface area contributed by atoms with Gasteiger partial charge in [-0.25, -0.2) is 4.79 Å². The molecule has 0 radical (unpaired) electrons. The van der Waals surface area contributed by atoms with Crippen molar-refractivity contribution < 1.29 is 9.53 Å². The van der Waals surface area contributed by atoms with Crippen LogP contribution in [0.1, 0.15) is 21.7 Å². The van der Waals surface area contributed by atoms with Gasteiger partial charge in [-0.1, -0.05) is 30.3 Å². The molecule has 0 saturated carbocycles. The van der Waals surface area contributed by atoms with Crippen molar-refractivity contribution in [3.63, 3.8) is 0 Å². The fourth-order valence-corrected chi connectivity index (χ4v) is 2.37. The van der Waals surface area contributed by atoms with Gasteiger partial charge >= 0.3 is 5.97 Å². The van der Waals surface area contributed by atoms with Crippen molar-refractivity contribution in [3.05, 3.63) is 71.5 Å². The number of hydrogen-bond acceptors (Lipinski definition) is 8. The highest BCUT2D eigenvalue weighted by Gasteiger charge is 2.11. The van der Waals surface area contributed by atoms with Crippen LogP contribution in [0.25, 0.3) is 11.6 Å². The predicted molar refractivity (Wildman–Crippen MR) is 105 cm³/mol. The molecule has 0 saturated heterocycles. The van der Waals surface area contributed by atoms with Crippen LogP contribution in [0.5, 0.6) is 0 Å². The molecule has 0 atom stereocenters. The minimum absolute atomic E-state index is 0.00868. The van der Waals surface area contributed by atoms with Crippen LogP contribution in [0.15, 0.2) is 54.6 Å². The number of carbonyl (C=O) groups excluding carboxylic acids is 1. The molecule has 28 heavy (non-hydrogen) atoms. The SMILES string of the molecule is COC(=O)c1ccc(C=C(C#N)c2nc(N)nc(Nc3ccccc3)n2)cc1. The van der Waals surface area contributed by atoms with Crippen LogP contribution >= 0.6 is 0 Å². The van der Waals surface area contributed by atoms with E-state index in [4.69, 9.17) is 5.73 Å². The molecular formula is C20H16N6O2. The molecule has 3 aromatic rings. The number of ether oxygens (including phenoxy) is 1. The number of carbonyl (C=O) groups is 1. The van der Waals surface area contributed by atoms with Gasteiger partial charge in [0.05, 0.1) is 18.2 Å². The molecule has 0 amide bonds. The Morgan fingerprint density at radius 1 is 1.11 bits per heavy atom. The standard InChI is InChI=1S/C20H16N6O2/c1-28-18(27)14-9-7-13(8-10-14)11-15(12-21)17-24-19(22)26-20(25-17)23-16-5-3-2-4-6-16/h2-11H,1H3,(H3,22,23,24,25,26). The molecule has 8 nitrogen and oxygen atoms in total. The molecule has 0 fully saturated rings. The first-order valence-electron chi connectivity index (χ1n) is 8.23. The van der Waals surface area contributed by atoms with Crippen LogP contribution < -0.4 is 11.1 Å². The zero-order valence-electron chi connectivity index (χ0n) is 15.0. The van der Waals surface area contributed by atoms with Gasteiger partial charge in [0.2, 0.25) is 11.9 Å². The number of nitriles is 1. The van der Waals surface area contributed by atoms with Gasteiger partial charge < -0.3 is 15.8 Å². The van der Waals surface area contributed by atoms with Crippen molar-refractivity contribution in [3.8, 4) is 6.07 Å². The quantitative estimate of drug-likeness (QED) is 0.517. The van der Waals surface area contributed by atoms with E-state index in [0.29, 0.717) is 11.1 Å². The zero-order chi connectivity index (χ0) is 19.9. The molecule has 0 spiro atoms. The van der Waals surface area contributed by atoms with E-state index < -0.39 is 5.97 Å². The molecule has 3 N–H and O–H groups in total. The summed E-state index contributed by atoms with van der Waals surface area (Å²) in [5.41, 5.74) is 7.87. The molecule has 1 aromatic heterocycles. The fraction of sp³-hybridized carbons (Fsp3) is 0.0500. The number of anilines is 3. The molecule has 0 aliphatic rings. The van der Waals surface area contributed by atoms with Gasteiger partial charge in [-0.15, -0.1) is 0 Å².